The summed E-state index contributed by atoms with van der Waals surface area (Å²) >= 11 is 6.39. The number of carbonyl (C=O) groups is 1. The van der Waals surface area contributed by atoms with Crippen molar-refractivity contribution < 1.29 is 9.18 Å². The van der Waals surface area contributed by atoms with Gasteiger partial charge in [0.15, 0.2) is 0 Å². The Morgan fingerprint density at radius 1 is 1.12 bits per heavy atom. The van der Waals surface area contributed by atoms with Crippen LogP contribution in [0.2, 0.25) is 5.02 Å². The standard InChI is InChI=1S/C31H30ClFN6O/c1-38-11-13-39(14-12-38)28(40)16-20-5-4-6-23(15-20)36-31-35-19-21-18-34-30(25-7-2-3-8-27(25)33)26-17-22(32)9-10-24(26)29(21)37-31/h2-7,9-10,15,17,19,27H,8,11-14,16,18H2,1H3,(H,35,36,37). The minimum Gasteiger partial charge on any atom is -0.340 e. The van der Waals surface area contributed by atoms with Crippen LogP contribution in [-0.4, -0.2) is 70.8 Å². The molecule has 0 bridgehead atoms. The van der Waals surface area contributed by atoms with Gasteiger partial charge in [-0.05, 0) is 36.9 Å². The molecular formula is C31H30ClFN6O. The number of carbonyl (C=O) groups excluding carboxylic acids is 1. The van der Waals surface area contributed by atoms with Crippen LogP contribution in [0.3, 0.4) is 0 Å². The van der Waals surface area contributed by atoms with Crippen LogP contribution in [0, 0.1) is 0 Å². The van der Waals surface area contributed by atoms with E-state index in [9.17, 15) is 9.18 Å². The average Bonchev–Trinajstić information content (AvgIpc) is 3.10. The maximum Gasteiger partial charge on any atom is 0.227 e. The van der Waals surface area contributed by atoms with Gasteiger partial charge in [-0.1, -0.05) is 48.0 Å². The second-order valence-corrected chi connectivity index (χ2v) is 10.8. The molecule has 1 saturated heterocycles. The Balaban J connectivity index is 1.26. The largest absolute Gasteiger partial charge is 0.340 e. The van der Waals surface area contributed by atoms with Gasteiger partial charge in [-0.2, -0.15) is 0 Å². The molecular weight excluding hydrogens is 527 g/mol. The van der Waals surface area contributed by atoms with Gasteiger partial charge in [0.05, 0.1) is 24.4 Å². The third-order valence-corrected chi connectivity index (χ3v) is 7.76. The van der Waals surface area contributed by atoms with Crippen molar-refractivity contribution in [1.82, 2.24) is 19.8 Å². The number of hydrogen-bond donors (Lipinski definition) is 1. The number of nitrogens with zero attached hydrogens (tertiary/aromatic N) is 5. The summed E-state index contributed by atoms with van der Waals surface area (Å²) in [6.07, 6.45) is 6.77. The monoisotopic (exact) mass is 556 g/mol. The van der Waals surface area contributed by atoms with Crippen molar-refractivity contribution in [3.8, 4) is 11.3 Å². The van der Waals surface area contributed by atoms with Crippen molar-refractivity contribution in [1.29, 1.82) is 0 Å². The molecule has 1 atom stereocenters. The number of aromatic nitrogens is 2. The molecule has 1 unspecified atom stereocenters. The molecule has 2 aromatic carbocycles. The molecule has 1 amide bonds. The van der Waals surface area contributed by atoms with Crippen LogP contribution >= 0.6 is 11.6 Å². The molecule has 1 aliphatic carbocycles. The zero-order valence-corrected chi connectivity index (χ0v) is 23.0. The highest BCUT2D eigenvalue weighted by molar-refractivity contribution is 6.31. The van der Waals surface area contributed by atoms with E-state index in [1.54, 1.807) is 12.3 Å². The number of likely N-dealkylation sites (N-methyl/N-ethyl adjacent to an activating group) is 1. The van der Waals surface area contributed by atoms with Crippen LogP contribution in [0.15, 0.2) is 77.5 Å². The van der Waals surface area contributed by atoms with Crippen LogP contribution in [0.1, 0.15) is 23.1 Å². The van der Waals surface area contributed by atoms with Crippen LogP contribution in [0.5, 0.6) is 0 Å². The van der Waals surface area contributed by atoms with Crippen molar-refractivity contribution in [2.24, 2.45) is 4.99 Å². The molecule has 3 aromatic rings. The van der Waals surface area contributed by atoms with Crippen molar-refractivity contribution in [3.63, 3.8) is 0 Å². The lowest BCUT2D eigenvalue weighted by Crippen LogP contribution is -2.47. The number of aliphatic imine (C=N–C) groups is 1. The molecule has 0 spiro atoms. The Bertz CT molecular complexity index is 1540. The lowest BCUT2D eigenvalue weighted by Gasteiger charge is -2.32. The number of alkyl halides is 1. The van der Waals surface area contributed by atoms with Gasteiger partial charge >= 0.3 is 0 Å². The number of fused-ring (bicyclic) bond motifs is 3. The van der Waals surface area contributed by atoms with E-state index in [0.717, 1.165) is 59.8 Å². The van der Waals surface area contributed by atoms with Gasteiger partial charge in [-0.3, -0.25) is 9.79 Å². The minimum atomic E-state index is -1.13. The quantitative estimate of drug-likeness (QED) is 0.456. The second-order valence-electron chi connectivity index (χ2n) is 10.4. The maximum atomic E-state index is 14.9. The van der Waals surface area contributed by atoms with Crippen LogP contribution in [0.4, 0.5) is 16.0 Å². The van der Waals surface area contributed by atoms with Crippen LogP contribution in [0.25, 0.3) is 11.3 Å². The van der Waals surface area contributed by atoms with E-state index in [1.807, 2.05) is 59.5 Å². The first-order chi connectivity index (χ1) is 19.4. The SMILES string of the molecule is CN1CCN(C(=O)Cc2cccc(Nc3ncc4c(n3)-c3ccc(Cl)cc3C(C3=CC=CCC3F)=NC4)c2)CC1. The number of halogens is 2. The number of hydrogen-bond acceptors (Lipinski definition) is 6. The van der Waals surface area contributed by atoms with Crippen LogP contribution in [-0.2, 0) is 17.8 Å². The Hall–Kier alpha value is -3.88. The third kappa shape index (κ3) is 5.55. The summed E-state index contributed by atoms with van der Waals surface area (Å²) < 4.78 is 14.9. The summed E-state index contributed by atoms with van der Waals surface area (Å²) in [7, 11) is 2.08. The Morgan fingerprint density at radius 2 is 1.98 bits per heavy atom. The molecule has 0 saturated carbocycles. The molecule has 6 rings (SSSR count). The van der Waals surface area contributed by atoms with Gasteiger partial charge in [0.2, 0.25) is 11.9 Å². The predicted molar refractivity (Wildman–Crippen MR) is 157 cm³/mol. The van der Waals surface area contributed by atoms with Crippen molar-refractivity contribution in [2.45, 2.75) is 25.6 Å². The zero-order valence-electron chi connectivity index (χ0n) is 22.3. The first-order valence-corrected chi connectivity index (χ1v) is 13.9. The molecule has 0 radical (unpaired) electrons. The first-order valence-electron chi connectivity index (χ1n) is 13.5. The number of anilines is 2. The molecule has 3 aliphatic rings. The van der Waals surface area contributed by atoms with E-state index >= 15 is 0 Å². The number of amides is 1. The molecule has 1 fully saturated rings. The second kappa shape index (κ2) is 11.3. The average molecular weight is 557 g/mol. The molecule has 1 aromatic heterocycles. The van der Waals surface area contributed by atoms with E-state index in [4.69, 9.17) is 21.6 Å². The fraction of sp³-hybridized carbons (Fsp3) is 0.290. The molecule has 204 valence electrons. The normalized spacial score (nSPS) is 18.8. The third-order valence-electron chi connectivity index (χ3n) is 7.52. The molecule has 40 heavy (non-hydrogen) atoms. The Morgan fingerprint density at radius 3 is 2.80 bits per heavy atom. The number of nitrogens with one attached hydrogen (secondary N) is 1. The van der Waals surface area contributed by atoms with Gasteiger partial charge in [0.25, 0.3) is 0 Å². The molecule has 9 heteroatoms. The lowest BCUT2D eigenvalue weighted by molar-refractivity contribution is -0.132. The summed E-state index contributed by atoms with van der Waals surface area (Å²) in [6, 6.07) is 13.3. The summed E-state index contributed by atoms with van der Waals surface area (Å²) in [6.45, 7) is 3.64. The number of piperazine rings is 1. The van der Waals surface area contributed by atoms with Crippen LogP contribution < -0.4 is 5.32 Å². The highest BCUT2D eigenvalue weighted by atomic mass is 35.5. The highest BCUT2D eigenvalue weighted by Gasteiger charge is 2.27. The van der Waals surface area contributed by atoms with E-state index in [2.05, 4.69) is 22.2 Å². The molecule has 2 aliphatic heterocycles. The highest BCUT2D eigenvalue weighted by Crippen LogP contribution is 2.35. The zero-order chi connectivity index (χ0) is 27.6. The predicted octanol–water partition coefficient (Wildman–Crippen LogP) is 5.38. The summed E-state index contributed by atoms with van der Waals surface area (Å²) in [5, 5.41) is 3.85. The van der Waals surface area contributed by atoms with Gasteiger partial charge in [0.1, 0.15) is 6.17 Å². The first kappa shape index (κ1) is 26.3. The summed E-state index contributed by atoms with van der Waals surface area (Å²) in [4.78, 5) is 31.2. The molecule has 1 N–H and O–H groups in total. The lowest BCUT2D eigenvalue weighted by atomic mass is 9.90. The van der Waals surface area contributed by atoms with Crippen molar-refractivity contribution in [3.05, 3.63) is 94.2 Å². The fourth-order valence-electron chi connectivity index (χ4n) is 5.29. The fourth-order valence-corrected chi connectivity index (χ4v) is 5.46. The topological polar surface area (TPSA) is 73.7 Å². The molecule has 3 heterocycles. The van der Waals surface area contributed by atoms with Gasteiger partial charge in [-0.25, -0.2) is 14.4 Å². The Labute approximate surface area is 238 Å². The van der Waals surface area contributed by atoms with Crippen molar-refractivity contribution in [2.75, 3.05) is 38.5 Å². The van der Waals surface area contributed by atoms with E-state index in [1.165, 1.54) is 0 Å². The minimum absolute atomic E-state index is 0.136. The van der Waals surface area contributed by atoms with Gasteiger partial charge < -0.3 is 15.1 Å². The van der Waals surface area contributed by atoms with E-state index in [0.29, 0.717) is 41.6 Å². The number of rotatable bonds is 5. The maximum absolute atomic E-state index is 14.9. The summed E-state index contributed by atoms with van der Waals surface area (Å²) in [5.41, 5.74) is 6.03. The number of allylic oxidation sites excluding steroid dienone is 4. The molecule has 7 nitrogen and oxygen atoms in total. The van der Waals surface area contributed by atoms with Crippen molar-refractivity contribution >= 4 is 34.9 Å². The van der Waals surface area contributed by atoms with E-state index in [-0.39, 0.29) is 5.91 Å². The van der Waals surface area contributed by atoms with Gasteiger partial charge in [-0.15, -0.1) is 0 Å². The van der Waals surface area contributed by atoms with E-state index < -0.39 is 6.17 Å². The smallest absolute Gasteiger partial charge is 0.227 e. The Kier molecular flexibility index (Phi) is 7.45. The summed E-state index contributed by atoms with van der Waals surface area (Å²) in [5.74, 6) is 0.561. The van der Waals surface area contributed by atoms with Gasteiger partial charge in [0, 0.05) is 71.8 Å². The number of benzene rings is 2.